The van der Waals surface area contributed by atoms with Gasteiger partial charge in [-0.1, -0.05) is 46.3 Å². The van der Waals surface area contributed by atoms with Crippen LogP contribution in [0.2, 0.25) is 0 Å². The lowest BCUT2D eigenvalue weighted by Gasteiger charge is -2.09. The first kappa shape index (κ1) is 15.7. The van der Waals surface area contributed by atoms with E-state index in [1.165, 1.54) is 18.3 Å². The summed E-state index contributed by atoms with van der Waals surface area (Å²) in [7, 11) is 0. The van der Waals surface area contributed by atoms with Crippen LogP contribution in [0.3, 0.4) is 0 Å². The molecule has 0 saturated heterocycles. The zero-order chi connectivity index (χ0) is 16.2. The molecule has 1 amide bonds. The van der Waals surface area contributed by atoms with E-state index in [1.807, 2.05) is 52.4 Å². The Labute approximate surface area is 146 Å². The summed E-state index contributed by atoms with van der Waals surface area (Å²) in [4.78, 5) is 11.9. The maximum atomic E-state index is 11.2. The molecule has 2 aromatic carbocycles. The number of rotatable bonds is 3. The third kappa shape index (κ3) is 3.60. The highest BCUT2D eigenvalue weighted by atomic mass is 79.9. The number of carbonyl (C=O) groups is 1. The first-order valence-corrected chi connectivity index (χ1v) is 8.64. The molecular formula is C17H14BrN3OS. The molecule has 116 valence electrons. The van der Waals surface area contributed by atoms with Crippen LogP contribution < -0.4 is 10.2 Å². The van der Waals surface area contributed by atoms with Crippen LogP contribution in [0.4, 0.5) is 0 Å². The van der Waals surface area contributed by atoms with Crippen molar-refractivity contribution in [3.8, 4) is 16.9 Å². The Hall–Kier alpha value is -2.18. The van der Waals surface area contributed by atoms with Gasteiger partial charge in [0, 0.05) is 22.5 Å². The standard InChI is InChI=1S/C17H14BrN3OS/c1-12(22)19-20-17-21(15-9-7-14(18)8-10-15)16(11-23-17)13-5-3-2-4-6-13/h2-11H,1H3,(H,19,22). The summed E-state index contributed by atoms with van der Waals surface area (Å²) in [6, 6.07) is 18.1. The number of thiazole rings is 1. The third-order valence-electron chi connectivity index (χ3n) is 3.17. The van der Waals surface area contributed by atoms with Crippen LogP contribution in [-0.4, -0.2) is 10.5 Å². The Balaban J connectivity index is 2.20. The molecular weight excluding hydrogens is 374 g/mol. The topological polar surface area (TPSA) is 46.4 Å². The van der Waals surface area contributed by atoms with Gasteiger partial charge in [-0.05, 0) is 29.8 Å². The predicted molar refractivity (Wildman–Crippen MR) is 96.2 cm³/mol. The fraction of sp³-hybridized carbons (Fsp3) is 0.0588. The predicted octanol–water partition coefficient (Wildman–Crippen LogP) is 3.92. The van der Waals surface area contributed by atoms with Crippen molar-refractivity contribution in [2.45, 2.75) is 6.92 Å². The van der Waals surface area contributed by atoms with Crippen LogP contribution in [0.25, 0.3) is 16.9 Å². The van der Waals surface area contributed by atoms with Gasteiger partial charge in [0.2, 0.25) is 10.7 Å². The number of aromatic nitrogens is 1. The van der Waals surface area contributed by atoms with Crippen molar-refractivity contribution in [1.82, 2.24) is 9.99 Å². The van der Waals surface area contributed by atoms with Crippen molar-refractivity contribution < 1.29 is 4.79 Å². The maximum Gasteiger partial charge on any atom is 0.237 e. The number of hydrogen-bond donors (Lipinski definition) is 1. The van der Waals surface area contributed by atoms with Gasteiger partial charge in [-0.25, -0.2) is 5.43 Å². The molecule has 0 fully saturated rings. The van der Waals surface area contributed by atoms with Gasteiger partial charge in [0.1, 0.15) is 0 Å². The molecule has 0 aliphatic heterocycles. The quantitative estimate of drug-likeness (QED) is 0.680. The molecule has 1 heterocycles. The van der Waals surface area contributed by atoms with Crippen LogP contribution in [0, 0.1) is 0 Å². The van der Waals surface area contributed by atoms with E-state index in [-0.39, 0.29) is 5.91 Å². The normalized spacial score (nSPS) is 11.5. The van der Waals surface area contributed by atoms with E-state index in [0.29, 0.717) is 4.80 Å². The number of carbonyl (C=O) groups excluding carboxylic acids is 1. The smallest absolute Gasteiger partial charge is 0.237 e. The van der Waals surface area contributed by atoms with E-state index in [2.05, 4.69) is 38.6 Å². The largest absolute Gasteiger partial charge is 0.284 e. The average Bonchev–Trinajstić information content (AvgIpc) is 2.98. The fourth-order valence-electron chi connectivity index (χ4n) is 2.17. The highest BCUT2D eigenvalue weighted by Crippen LogP contribution is 2.24. The summed E-state index contributed by atoms with van der Waals surface area (Å²) in [5.74, 6) is -0.193. The Bertz CT molecular complexity index is 882. The Kier molecular flexibility index (Phi) is 4.73. The lowest BCUT2D eigenvalue weighted by atomic mass is 10.1. The lowest BCUT2D eigenvalue weighted by Crippen LogP contribution is -2.22. The number of hydrogen-bond acceptors (Lipinski definition) is 3. The van der Waals surface area contributed by atoms with E-state index in [4.69, 9.17) is 0 Å². The second-order valence-corrected chi connectivity index (χ2v) is 6.61. The second kappa shape index (κ2) is 6.93. The Morgan fingerprint density at radius 3 is 2.48 bits per heavy atom. The molecule has 0 unspecified atom stereocenters. The van der Waals surface area contributed by atoms with E-state index >= 15 is 0 Å². The molecule has 0 saturated carbocycles. The molecule has 6 heteroatoms. The van der Waals surface area contributed by atoms with Crippen LogP contribution in [0.15, 0.2) is 69.6 Å². The minimum Gasteiger partial charge on any atom is -0.284 e. The molecule has 0 aliphatic carbocycles. The van der Waals surface area contributed by atoms with Crippen molar-refractivity contribution >= 4 is 33.2 Å². The summed E-state index contributed by atoms with van der Waals surface area (Å²) in [6.45, 7) is 1.44. The monoisotopic (exact) mass is 387 g/mol. The summed E-state index contributed by atoms with van der Waals surface area (Å²) in [5.41, 5.74) is 5.62. The summed E-state index contributed by atoms with van der Waals surface area (Å²) in [6.07, 6.45) is 0. The highest BCUT2D eigenvalue weighted by Gasteiger charge is 2.10. The zero-order valence-corrected chi connectivity index (χ0v) is 14.8. The first-order valence-electron chi connectivity index (χ1n) is 6.97. The summed E-state index contributed by atoms with van der Waals surface area (Å²) in [5, 5.41) is 6.26. The molecule has 1 N–H and O–H groups in total. The first-order chi connectivity index (χ1) is 11.1. The Morgan fingerprint density at radius 1 is 1.13 bits per heavy atom. The van der Waals surface area contributed by atoms with E-state index in [1.54, 1.807) is 0 Å². The average molecular weight is 388 g/mol. The number of nitrogens with zero attached hydrogens (tertiary/aromatic N) is 2. The van der Waals surface area contributed by atoms with Crippen molar-refractivity contribution in [1.29, 1.82) is 0 Å². The van der Waals surface area contributed by atoms with E-state index in [9.17, 15) is 4.79 Å². The maximum absolute atomic E-state index is 11.2. The molecule has 23 heavy (non-hydrogen) atoms. The minimum absolute atomic E-state index is 0.193. The second-order valence-electron chi connectivity index (χ2n) is 4.86. The van der Waals surface area contributed by atoms with Crippen molar-refractivity contribution in [2.24, 2.45) is 5.10 Å². The van der Waals surface area contributed by atoms with Crippen LogP contribution in [-0.2, 0) is 4.79 Å². The summed E-state index contributed by atoms with van der Waals surface area (Å²) >= 11 is 4.94. The molecule has 3 aromatic rings. The van der Waals surface area contributed by atoms with Gasteiger partial charge in [0.15, 0.2) is 0 Å². The number of benzene rings is 2. The molecule has 0 spiro atoms. The minimum atomic E-state index is -0.193. The van der Waals surface area contributed by atoms with Gasteiger partial charge >= 0.3 is 0 Å². The lowest BCUT2D eigenvalue weighted by molar-refractivity contribution is -0.119. The van der Waals surface area contributed by atoms with Gasteiger partial charge in [-0.15, -0.1) is 16.4 Å². The molecule has 0 aliphatic rings. The molecule has 0 radical (unpaired) electrons. The van der Waals surface area contributed by atoms with Crippen LogP contribution in [0.1, 0.15) is 6.92 Å². The molecule has 4 nitrogen and oxygen atoms in total. The summed E-state index contributed by atoms with van der Waals surface area (Å²) < 4.78 is 3.04. The van der Waals surface area contributed by atoms with Gasteiger partial charge in [0.05, 0.1) is 5.69 Å². The van der Waals surface area contributed by atoms with Crippen molar-refractivity contribution in [2.75, 3.05) is 0 Å². The van der Waals surface area contributed by atoms with Crippen molar-refractivity contribution in [3.63, 3.8) is 0 Å². The Morgan fingerprint density at radius 2 is 1.83 bits per heavy atom. The SMILES string of the molecule is CC(=O)NN=c1scc(-c2ccccc2)n1-c1ccc(Br)cc1. The van der Waals surface area contributed by atoms with E-state index < -0.39 is 0 Å². The van der Waals surface area contributed by atoms with Crippen LogP contribution >= 0.6 is 27.3 Å². The number of halogens is 1. The fourth-order valence-corrected chi connectivity index (χ4v) is 3.30. The zero-order valence-electron chi connectivity index (χ0n) is 12.4. The van der Waals surface area contributed by atoms with Gasteiger partial charge in [-0.2, -0.15) is 0 Å². The molecule has 0 bridgehead atoms. The number of amides is 1. The van der Waals surface area contributed by atoms with Gasteiger partial charge in [-0.3, -0.25) is 9.36 Å². The van der Waals surface area contributed by atoms with E-state index in [0.717, 1.165) is 21.4 Å². The van der Waals surface area contributed by atoms with Gasteiger partial charge in [0.25, 0.3) is 0 Å². The number of nitrogens with one attached hydrogen (secondary N) is 1. The van der Waals surface area contributed by atoms with Gasteiger partial charge < -0.3 is 0 Å². The molecule has 1 aromatic heterocycles. The highest BCUT2D eigenvalue weighted by molar-refractivity contribution is 9.10. The molecule has 3 rings (SSSR count). The van der Waals surface area contributed by atoms with Crippen LogP contribution in [0.5, 0.6) is 0 Å². The molecule has 0 atom stereocenters. The third-order valence-corrected chi connectivity index (χ3v) is 4.53. The van der Waals surface area contributed by atoms with Crippen molar-refractivity contribution in [3.05, 3.63) is 69.3 Å².